The number of likely N-dealkylation sites (tertiary alicyclic amines) is 1. The third kappa shape index (κ3) is 6.80. The highest BCUT2D eigenvalue weighted by Crippen LogP contribution is 2.67. The van der Waals surface area contributed by atoms with E-state index in [4.69, 9.17) is 21.3 Å². The Bertz CT molecular complexity index is 2140. The van der Waals surface area contributed by atoms with Crippen LogP contribution in [0.2, 0.25) is 5.02 Å². The van der Waals surface area contributed by atoms with Crippen molar-refractivity contribution in [1.29, 1.82) is 0 Å². The van der Waals surface area contributed by atoms with Crippen LogP contribution in [0.4, 0.5) is 18.9 Å². The fraction of sp³-hybridized carbons (Fsp3) is 0.459. The van der Waals surface area contributed by atoms with Crippen LogP contribution in [0.15, 0.2) is 47.4 Å². The van der Waals surface area contributed by atoms with Gasteiger partial charge in [0.1, 0.15) is 12.3 Å². The highest BCUT2D eigenvalue weighted by Gasteiger charge is 2.64. The number of anilines is 1. The number of aromatic hydroxyl groups is 1. The van der Waals surface area contributed by atoms with E-state index in [0.717, 1.165) is 30.2 Å². The van der Waals surface area contributed by atoms with Crippen LogP contribution in [-0.2, 0) is 27.7 Å². The lowest BCUT2D eigenvalue weighted by Crippen LogP contribution is -2.48. The minimum Gasteiger partial charge on any atom is -0.505 e. The van der Waals surface area contributed by atoms with Crippen molar-refractivity contribution in [2.45, 2.75) is 77.4 Å². The molecule has 1 spiro atoms. The number of hydrogen-bond donors (Lipinski definition) is 2. The molecule has 53 heavy (non-hydrogen) atoms. The molecular weight excluding hydrogens is 715 g/mol. The maximum absolute atomic E-state index is 14.4. The molecule has 16 heteroatoms. The fourth-order valence-electron chi connectivity index (χ4n) is 7.81. The molecule has 2 N–H and O–H groups in total. The molecule has 2 atom stereocenters. The number of aromatic nitrogens is 5. The van der Waals surface area contributed by atoms with E-state index in [-0.39, 0.29) is 51.9 Å². The highest BCUT2D eigenvalue weighted by atomic mass is 35.5. The van der Waals surface area contributed by atoms with E-state index in [1.807, 2.05) is 33.8 Å². The lowest BCUT2D eigenvalue weighted by molar-refractivity contribution is -0.137. The average molecular weight is 756 g/mol. The Labute approximate surface area is 308 Å². The maximum Gasteiger partial charge on any atom is 0.416 e. The second-order valence-corrected chi connectivity index (χ2v) is 13.3. The van der Waals surface area contributed by atoms with Gasteiger partial charge in [0.2, 0.25) is 11.7 Å². The molecule has 1 saturated carbocycles. The number of carbonyl (C=O) groups excluding carboxylic acids is 2. The van der Waals surface area contributed by atoms with Crippen molar-refractivity contribution in [1.82, 2.24) is 29.0 Å². The summed E-state index contributed by atoms with van der Waals surface area (Å²) in [4.78, 5) is 51.7. The summed E-state index contributed by atoms with van der Waals surface area (Å²) in [6.45, 7) is 9.21. The van der Waals surface area contributed by atoms with Crippen molar-refractivity contribution < 1.29 is 32.6 Å². The number of carbonyl (C=O) groups is 2. The monoisotopic (exact) mass is 755 g/mol. The molecule has 5 heterocycles. The maximum atomic E-state index is 14.4. The van der Waals surface area contributed by atoms with Crippen LogP contribution >= 0.6 is 11.6 Å². The summed E-state index contributed by atoms with van der Waals surface area (Å²) in [7, 11) is 0. The van der Waals surface area contributed by atoms with Gasteiger partial charge in [-0.1, -0.05) is 45.4 Å². The van der Waals surface area contributed by atoms with Crippen molar-refractivity contribution in [3.8, 4) is 5.75 Å². The standard InChI is InChI=1S/C33H29ClF3N7O5.2C2H6/c34-21-14-18(33(35,36)37)3-4-22(21)39-24(46)16-43-27-19-15-20(19)32(7-10-42(11-8-32)30(48)26-23(45)2-1-9-38-26)25(27)29(47)44-31(43)40-28(41-44)17-5-12-49-13-6-17;2*1-2/h1-5,9,14,19-20,45H,6-8,10-13,15-16H2,(H,39,46);2*1-2H3. The molecule has 2 fully saturated rings. The van der Waals surface area contributed by atoms with Gasteiger partial charge in [0.05, 0.1) is 29.5 Å². The number of rotatable bonds is 5. The van der Waals surface area contributed by atoms with Crippen LogP contribution in [0, 0.1) is 5.92 Å². The van der Waals surface area contributed by atoms with Gasteiger partial charge in [-0.3, -0.25) is 14.4 Å². The zero-order valence-corrected chi connectivity index (χ0v) is 30.6. The van der Waals surface area contributed by atoms with Crippen LogP contribution in [0.1, 0.15) is 92.4 Å². The van der Waals surface area contributed by atoms with E-state index < -0.39 is 29.0 Å². The van der Waals surface area contributed by atoms with Gasteiger partial charge in [-0.2, -0.15) is 22.7 Å². The van der Waals surface area contributed by atoms with Gasteiger partial charge >= 0.3 is 6.18 Å². The first kappa shape index (κ1) is 38.0. The van der Waals surface area contributed by atoms with Crippen LogP contribution < -0.4 is 10.9 Å². The van der Waals surface area contributed by atoms with Gasteiger partial charge in [0, 0.05) is 41.9 Å². The van der Waals surface area contributed by atoms with Gasteiger partial charge < -0.3 is 24.6 Å². The Kier molecular flexibility index (Phi) is 10.7. The molecule has 0 bridgehead atoms. The SMILES string of the molecule is CC.CC.O=C(Cn1c2c(c(=O)n3nc(C4=CCOCC4)nc13)C1(CCN(C(=O)c3ncccc3O)CC1)C1CC21)Nc1ccc(C(F)(F)F)cc1Cl. The number of benzene rings is 1. The molecule has 2 aliphatic heterocycles. The average Bonchev–Trinajstić information content (AvgIpc) is 3.76. The lowest BCUT2D eigenvalue weighted by Gasteiger charge is -2.41. The molecular formula is C37H41ClF3N7O5. The number of fused-ring (bicyclic) bond motifs is 6. The van der Waals surface area contributed by atoms with Gasteiger partial charge in [-0.25, -0.2) is 4.98 Å². The summed E-state index contributed by atoms with van der Waals surface area (Å²) in [6.07, 6.45) is 0.996. The van der Waals surface area contributed by atoms with Gasteiger partial charge in [0.25, 0.3) is 11.5 Å². The summed E-state index contributed by atoms with van der Waals surface area (Å²) in [5.74, 6) is -0.557. The summed E-state index contributed by atoms with van der Waals surface area (Å²) < 4.78 is 48.0. The van der Waals surface area contributed by atoms with E-state index in [9.17, 15) is 32.7 Å². The zero-order chi connectivity index (χ0) is 38.2. The molecule has 3 aromatic heterocycles. The molecule has 12 nitrogen and oxygen atoms in total. The number of piperidine rings is 1. The Balaban J connectivity index is 0.00000116. The first-order valence-electron chi connectivity index (χ1n) is 17.9. The van der Waals surface area contributed by atoms with Crippen LogP contribution in [0.3, 0.4) is 0 Å². The van der Waals surface area contributed by atoms with Gasteiger partial charge in [-0.05, 0) is 67.5 Å². The summed E-state index contributed by atoms with van der Waals surface area (Å²) in [5, 5.41) is 17.2. The Morgan fingerprint density at radius 1 is 1.13 bits per heavy atom. The minimum atomic E-state index is -4.60. The van der Waals surface area contributed by atoms with E-state index in [1.54, 1.807) is 9.47 Å². The van der Waals surface area contributed by atoms with E-state index in [0.29, 0.717) is 62.6 Å². The predicted octanol–water partition coefficient (Wildman–Crippen LogP) is 6.45. The van der Waals surface area contributed by atoms with Gasteiger partial charge in [-0.15, -0.1) is 5.10 Å². The van der Waals surface area contributed by atoms with Crippen molar-refractivity contribution in [2.75, 3.05) is 31.6 Å². The third-order valence-electron chi connectivity index (χ3n) is 10.2. The first-order chi connectivity index (χ1) is 25.5. The third-order valence-corrected chi connectivity index (χ3v) is 10.5. The number of nitrogens with one attached hydrogen (secondary N) is 1. The Morgan fingerprint density at radius 2 is 1.87 bits per heavy atom. The quantitative estimate of drug-likeness (QED) is 0.237. The normalized spacial score (nSPS) is 19.6. The second-order valence-electron chi connectivity index (χ2n) is 12.9. The molecule has 4 aliphatic rings. The Morgan fingerprint density at radius 3 is 2.51 bits per heavy atom. The molecule has 282 valence electrons. The predicted molar refractivity (Wildman–Crippen MR) is 192 cm³/mol. The van der Waals surface area contributed by atoms with Crippen LogP contribution in [0.25, 0.3) is 11.4 Å². The van der Waals surface area contributed by atoms with Crippen molar-refractivity contribution in [3.63, 3.8) is 0 Å². The lowest BCUT2D eigenvalue weighted by atomic mass is 9.71. The molecule has 1 aromatic carbocycles. The number of alkyl halides is 3. The molecule has 2 amide bonds. The molecule has 0 radical (unpaired) electrons. The number of amides is 2. The number of ether oxygens (including phenoxy) is 1. The second kappa shape index (κ2) is 14.9. The van der Waals surface area contributed by atoms with Crippen LogP contribution in [-0.4, -0.2) is 72.3 Å². The summed E-state index contributed by atoms with van der Waals surface area (Å²) in [6, 6.07) is 5.65. The topological polar surface area (TPSA) is 144 Å². The number of pyridine rings is 1. The molecule has 1 saturated heterocycles. The molecule has 2 unspecified atom stereocenters. The Hall–Kier alpha value is -4.76. The fourth-order valence-corrected chi connectivity index (χ4v) is 8.04. The van der Waals surface area contributed by atoms with E-state index in [1.165, 1.54) is 22.8 Å². The smallest absolute Gasteiger partial charge is 0.416 e. The van der Waals surface area contributed by atoms with E-state index >= 15 is 0 Å². The zero-order valence-electron chi connectivity index (χ0n) is 29.8. The largest absolute Gasteiger partial charge is 0.505 e. The molecule has 8 rings (SSSR count). The summed E-state index contributed by atoms with van der Waals surface area (Å²) in [5.41, 5.74) is 0.190. The minimum absolute atomic E-state index is 0.0136. The highest BCUT2D eigenvalue weighted by molar-refractivity contribution is 6.33. The molecule has 2 aliphatic carbocycles. The number of halogens is 4. The van der Waals surface area contributed by atoms with Crippen molar-refractivity contribution in [2.24, 2.45) is 5.92 Å². The van der Waals surface area contributed by atoms with E-state index in [2.05, 4.69) is 15.4 Å². The van der Waals surface area contributed by atoms with Crippen molar-refractivity contribution in [3.05, 3.63) is 86.3 Å². The van der Waals surface area contributed by atoms with Gasteiger partial charge in [0.15, 0.2) is 11.5 Å². The molecule has 4 aromatic rings. The van der Waals surface area contributed by atoms with Crippen molar-refractivity contribution >= 4 is 40.5 Å². The number of nitrogens with zero attached hydrogens (tertiary/aromatic N) is 6. The summed E-state index contributed by atoms with van der Waals surface area (Å²) >= 11 is 6.14. The van der Waals surface area contributed by atoms with Crippen LogP contribution in [0.5, 0.6) is 5.75 Å². The number of hydrogen-bond acceptors (Lipinski definition) is 8. The first-order valence-corrected chi connectivity index (χ1v) is 18.2.